The van der Waals surface area contributed by atoms with Gasteiger partial charge in [-0.15, -0.1) is 0 Å². The third-order valence-corrected chi connectivity index (χ3v) is 5.37. The van der Waals surface area contributed by atoms with E-state index in [2.05, 4.69) is 23.8 Å². The van der Waals surface area contributed by atoms with Crippen LogP contribution >= 0.6 is 0 Å². The Hall–Kier alpha value is -1.85. The molecule has 1 N–H and O–H groups in total. The molecule has 0 aromatic heterocycles. The standard InChI is InChI=1S/C18H23NO3S/c1-14(16-7-5-4-6-8-16)11-12-19-23(20,21)17-9-10-18(22-3)15(2)13-17/h4-10,13-14,19H,11-12H2,1-3H3. The number of sulfonamides is 1. The van der Waals surface area contributed by atoms with E-state index in [9.17, 15) is 8.42 Å². The molecule has 2 rings (SSSR count). The van der Waals surface area contributed by atoms with Crippen molar-refractivity contribution < 1.29 is 13.2 Å². The quantitative estimate of drug-likeness (QED) is 0.844. The minimum atomic E-state index is -3.49. The van der Waals surface area contributed by atoms with Gasteiger partial charge in [0.05, 0.1) is 12.0 Å². The summed E-state index contributed by atoms with van der Waals surface area (Å²) in [6, 6.07) is 15.0. The molecule has 0 heterocycles. The van der Waals surface area contributed by atoms with E-state index in [0.717, 1.165) is 12.0 Å². The first-order valence-electron chi connectivity index (χ1n) is 7.63. The lowest BCUT2D eigenvalue weighted by atomic mass is 9.98. The smallest absolute Gasteiger partial charge is 0.240 e. The van der Waals surface area contributed by atoms with Gasteiger partial charge in [-0.3, -0.25) is 0 Å². The molecule has 0 aliphatic rings. The molecule has 124 valence electrons. The highest BCUT2D eigenvalue weighted by atomic mass is 32.2. The molecule has 0 amide bonds. The van der Waals surface area contributed by atoms with Crippen LogP contribution in [0.25, 0.3) is 0 Å². The number of nitrogens with one attached hydrogen (secondary N) is 1. The van der Waals surface area contributed by atoms with Crippen molar-refractivity contribution in [3.05, 3.63) is 59.7 Å². The van der Waals surface area contributed by atoms with Crippen LogP contribution in [0.5, 0.6) is 5.75 Å². The van der Waals surface area contributed by atoms with E-state index in [4.69, 9.17) is 4.74 Å². The van der Waals surface area contributed by atoms with Crippen molar-refractivity contribution in [2.24, 2.45) is 0 Å². The highest BCUT2D eigenvalue weighted by Gasteiger charge is 2.15. The van der Waals surface area contributed by atoms with Crippen LogP contribution in [0.3, 0.4) is 0 Å². The maximum atomic E-state index is 12.4. The molecule has 2 aromatic rings. The SMILES string of the molecule is COc1ccc(S(=O)(=O)NCCC(C)c2ccccc2)cc1C. The number of ether oxygens (including phenoxy) is 1. The summed E-state index contributed by atoms with van der Waals surface area (Å²) in [5.74, 6) is 0.984. The van der Waals surface area contributed by atoms with E-state index in [1.807, 2.05) is 25.1 Å². The third-order valence-electron chi connectivity index (χ3n) is 3.91. The zero-order valence-electron chi connectivity index (χ0n) is 13.7. The molecule has 2 aromatic carbocycles. The average Bonchev–Trinajstić information content (AvgIpc) is 2.55. The molecule has 0 spiro atoms. The Bertz CT molecular complexity index is 742. The van der Waals surface area contributed by atoms with Gasteiger partial charge in [0.2, 0.25) is 10.0 Å². The number of hydrogen-bond donors (Lipinski definition) is 1. The van der Waals surface area contributed by atoms with Gasteiger partial charge in [0.1, 0.15) is 5.75 Å². The van der Waals surface area contributed by atoms with Gasteiger partial charge < -0.3 is 4.74 Å². The Morgan fingerprint density at radius 1 is 1.13 bits per heavy atom. The fraction of sp³-hybridized carbons (Fsp3) is 0.333. The second-order valence-corrected chi connectivity index (χ2v) is 7.40. The van der Waals surface area contributed by atoms with Crippen molar-refractivity contribution in [1.82, 2.24) is 4.72 Å². The van der Waals surface area contributed by atoms with Crippen LogP contribution in [-0.4, -0.2) is 22.1 Å². The van der Waals surface area contributed by atoms with Gasteiger partial charge in [-0.05, 0) is 48.6 Å². The third kappa shape index (κ3) is 4.56. The molecule has 4 nitrogen and oxygen atoms in total. The van der Waals surface area contributed by atoms with E-state index < -0.39 is 10.0 Å². The first-order chi connectivity index (χ1) is 10.9. The van der Waals surface area contributed by atoms with Gasteiger partial charge in [-0.2, -0.15) is 0 Å². The molecule has 5 heteroatoms. The van der Waals surface area contributed by atoms with Crippen LogP contribution < -0.4 is 9.46 Å². The molecule has 23 heavy (non-hydrogen) atoms. The van der Waals surface area contributed by atoms with E-state index >= 15 is 0 Å². The number of rotatable bonds is 7. The summed E-state index contributed by atoms with van der Waals surface area (Å²) < 4.78 is 32.5. The summed E-state index contributed by atoms with van der Waals surface area (Å²) in [5, 5.41) is 0. The van der Waals surface area contributed by atoms with E-state index in [-0.39, 0.29) is 4.90 Å². The zero-order chi connectivity index (χ0) is 16.9. The molecule has 0 aliphatic carbocycles. The molecule has 1 atom stereocenters. The largest absolute Gasteiger partial charge is 0.496 e. The normalized spacial score (nSPS) is 12.8. The van der Waals surface area contributed by atoms with Gasteiger partial charge in [-0.25, -0.2) is 13.1 Å². The second kappa shape index (κ2) is 7.62. The first kappa shape index (κ1) is 17.5. The van der Waals surface area contributed by atoms with E-state index in [1.165, 1.54) is 5.56 Å². The monoisotopic (exact) mass is 333 g/mol. The van der Waals surface area contributed by atoms with Crippen LogP contribution in [-0.2, 0) is 10.0 Å². The predicted molar refractivity (Wildman–Crippen MR) is 92.4 cm³/mol. The fourth-order valence-electron chi connectivity index (χ4n) is 2.46. The first-order valence-corrected chi connectivity index (χ1v) is 9.11. The summed E-state index contributed by atoms with van der Waals surface area (Å²) in [5.41, 5.74) is 2.01. The molecule has 0 fully saturated rings. The summed E-state index contributed by atoms with van der Waals surface area (Å²) >= 11 is 0. The molecular weight excluding hydrogens is 310 g/mol. The lowest BCUT2D eigenvalue weighted by Crippen LogP contribution is -2.25. The van der Waals surface area contributed by atoms with Crippen molar-refractivity contribution >= 4 is 10.0 Å². The highest BCUT2D eigenvalue weighted by molar-refractivity contribution is 7.89. The molecule has 0 saturated heterocycles. The van der Waals surface area contributed by atoms with E-state index in [0.29, 0.717) is 18.2 Å². The van der Waals surface area contributed by atoms with E-state index in [1.54, 1.807) is 25.3 Å². The summed E-state index contributed by atoms with van der Waals surface area (Å²) in [4.78, 5) is 0.267. The summed E-state index contributed by atoms with van der Waals surface area (Å²) in [7, 11) is -1.92. The number of methoxy groups -OCH3 is 1. The highest BCUT2D eigenvalue weighted by Crippen LogP contribution is 2.22. The van der Waals surface area contributed by atoms with Crippen molar-refractivity contribution in [3.8, 4) is 5.75 Å². The van der Waals surface area contributed by atoms with Crippen LogP contribution in [0, 0.1) is 6.92 Å². The van der Waals surface area contributed by atoms with Crippen LogP contribution in [0.4, 0.5) is 0 Å². The molecule has 0 bridgehead atoms. The predicted octanol–water partition coefficient (Wildman–Crippen LogP) is 3.48. The van der Waals surface area contributed by atoms with Gasteiger partial charge >= 0.3 is 0 Å². The molecular formula is C18H23NO3S. The Kier molecular flexibility index (Phi) is 5.80. The van der Waals surface area contributed by atoms with Crippen molar-refractivity contribution in [3.63, 3.8) is 0 Å². The molecule has 0 aliphatic heterocycles. The number of aryl methyl sites for hydroxylation is 1. The number of hydrogen-bond acceptors (Lipinski definition) is 3. The Balaban J connectivity index is 1.98. The van der Waals surface area contributed by atoms with Gasteiger partial charge in [-0.1, -0.05) is 37.3 Å². The Morgan fingerprint density at radius 3 is 2.43 bits per heavy atom. The van der Waals surface area contributed by atoms with Crippen LogP contribution in [0.15, 0.2) is 53.4 Å². The molecule has 0 radical (unpaired) electrons. The zero-order valence-corrected chi connectivity index (χ0v) is 14.6. The van der Waals surface area contributed by atoms with Crippen LogP contribution in [0.2, 0.25) is 0 Å². The van der Waals surface area contributed by atoms with Crippen molar-refractivity contribution in [2.45, 2.75) is 31.1 Å². The fourth-order valence-corrected chi connectivity index (χ4v) is 3.59. The van der Waals surface area contributed by atoms with Crippen molar-refractivity contribution in [1.29, 1.82) is 0 Å². The van der Waals surface area contributed by atoms with Gasteiger partial charge in [0.15, 0.2) is 0 Å². The Morgan fingerprint density at radius 2 is 1.83 bits per heavy atom. The minimum Gasteiger partial charge on any atom is -0.496 e. The van der Waals surface area contributed by atoms with Crippen LogP contribution in [0.1, 0.15) is 30.4 Å². The van der Waals surface area contributed by atoms with Gasteiger partial charge in [0.25, 0.3) is 0 Å². The lowest BCUT2D eigenvalue weighted by Gasteiger charge is -2.13. The van der Waals surface area contributed by atoms with Gasteiger partial charge in [0, 0.05) is 6.54 Å². The topological polar surface area (TPSA) is 55.4 Å². The maximum absolute atomic E-state index is 12.4. The molecule has 0 saturated carbocycles. The summed E-state index contributed by atoms with van der Waals surface area (Å²) in [6.07, 6.45) is 0.748. The Labute approximate surface area is 138 Å². The minimum absolute atomic E-state index is 0.267. The second-order valence-electron chi connectivity index (χ2n) is 5.63. The van der Waals surface area contributed by atoms with Crippen molar-refractivity contribution in [2.75, 3.05) is 13.7 Å². The molecule has 1 unspecified atom stereocenters. The lowest BCUT2D eigenvalue weighted by molar-refractivity contribution is 0.411. The number of benzene rings is 2. The maximum Gasteiger partial charge on any atom is 0.240 e. The average molecular weight is 333 g/mol. The summed E-state index contributed by atoms with van der Waals surface area (Å²) in [6.45, 7) is 4.33.